The van der Waals surface area contributed by atoms with Gasteiger partial charge in [0.15, 0.2) is 0 Å². The van der Waals surface area contributed by atoms with Gasteiger partial charge in [0, 0.05) is 11.6 Å². The first-order valence-corrected chi connectivity index (χ1v) is 17.6. The number of carboxylic acid groups (broad SMARTS) is 1. The second-order valence-corrected chi connectivity index (χ2v) is 13.5. The molecule has 5 aromatic carbocycles. The molecule has 0 aliphatic carbocycles. The highest BCUT2D eigenvalue weighted by molar-refractivity contribution is 7.79. The molecule has 0 fully saturated rings. The molecule has 48 heavy (non-hydrogen) atoms. The fourth-order valence-electron chi connectivity index (χ4n) is 5.91. The lowest BCUT2D eigenvalue weighted by atomic mass is 10.0. The third-order valence-corrected chi connectivity index (χ3v) is 10.7. The highest BCUT2D eigenvalue weighted by atomic mass is 31.1. The molecular weight excluding hydrogens is 619 g/mol. The number of ether oxygens (including phenoxy) is 3. The van der Waals surface area contributed by atoms with E-state index in [9.17, 15) is 5.11 Å². The van der Waals surface area contributed by atoms with Crippen molar-refractivity contribution >= 4 is 30.3 Å². The minimum atomic E-state index is -0.639. The molecule has 0 aliphatic heterocycles. The molecule has 0 radical (unpaired) electrons. The van der Waals surface area contributed by atoms with Crippen molar-refractivity contribution < 1.29 is 29.2 Å². The van der Waals surface area contributed by atoms with E-state index >= 15 is 0 Å². The van der Waals surface area contributed by atoms with Crippen LogP contribution in [0.1, 0.15) is 41.5 Å². The molecule has 250 valence electrons. The Balaban J connectivity index is 0.00000167. The van der Waals surface area contributed by atoms with Crippen molar-refractivity contribution in [2.24, 2.45) is 0 Å². The van der Waals surface area contributed by atoms with Crippen LogP contribution in [0.2, 0.25) is 0 Å². The van der Waals surface area contributed by atoms with Gasteiger partial charge in [0.2, 0.25) is 0 Å². The molecule has 5 aromatic rings. The van der Waals surface area contributed by atoms with Gasteiger partial charge >= 0.3 is 0 Å². The average molecular weight is 665 g/mol. The van der Waals surface area contributed by atoms with Crippen molar-refractivity contribution in [2.75, 3.05) is 20.8 Å². The fourth-order valence-corrected chi connectivity index (χ4v) is 8.41. The van der Waals surface area contributed by atoms with Crippen LogP contribution in [0.15, 0.2) is 115 Å². The molecule has 0 spiro atoms. The van der Waals surface area contributed by atoms with Gasteiger partial charge in [0.05, 0.1) is 20.8 Å². The standard InChI is InChI=1S/C40H43O4P.CH2O2/c1-30-37(42-2)27-25-33(40(30)43-3)18-14-17-31-24-26-34(41)29-38(31)44-28-13-12-16-32-15-10-11-23-39(32)45(35-19-6-4-7-20-35)36-21-8-5-9-22-36;2-1-3/h4-11,15,19-27,29,41H,12-14,16-18,28H2,1-3H3;1H,(H,2,3). The minimum absolute atomic E-state index is 0.227. The summed E-state index contributed by atoms with van der Waals surface area (Å²) in [6, 6.07) is 40.2. The summed E-state index contributed by atoms with van der Waals surface area (Å²) >= 11 is 0. The van der Waals surface area contributed by atoms with Gasteiger partial charge in [0.25, 0.3) is 6.47 Å². The van der Waals surface area contributed by atoms with E-state index in [1.807, 2.05) is 19.1 Å². The molecule has 2 N–H and O–H groups in total. The van der Waals surface area contributed by atoms with E-state index in [0.29, 0.717) is 6.61 Å². The first kappa shape index (κ1) is 36.0. The minimum Gasteiger partial charge on any atom is -0.508 e. The monoisotopic (exact) mass is 664 g/mol. The van der Waals surface area contributed by atoms with Crippen LogP contribution in [0.4, 0.5) is 0 Å². The molecule has 0 unspecified atom stereocenters. The van der Waals surface area contributed by atoms with Crippen molar-refractivity contribution in [1.29, 1.82) is 0 Å². The quantitative estimate of drug-likeness (QED) is 0.0677. The molecule has 0 bridgehead atoms. The number of unbranched alkanes of at least 4 members (excludes halogenated alkanes) is 1. The number of methoxy groups -OCH3 is 2. The topological polar surface area (TPSA) is 85.2 Å². The van der Waals surface area contributed by atoms with Crippen LogP contribution in [-0.4, -0.2) is 37.5 Å². The maximum Gasteiger partial charge on any atom is 0.290 e. The smallest absolute Gasteiger partial charge is 0.290 e. The molecule has 5 rings (SSSR count). The van der Waals surface area contributed by atoms with E-state index < -0.39 is 7.92 Å². The van der Waals surface area contributed by atoms with Crippen molar-refractivity contribution in [1.82, 2.24) is 0 Å². The summed E-state index contributed by atoms with van der Waals surface area (Å²) in [5.74, 6) is 2.72. The van der Waals surface area contributed by atoms with Crippen LogP contribution in [-0.2, 0) is 24.1 Å². The zero-order valence-corrected chi connectivity index (χ0v) is 28.9. The molecule has 0 atom stereocenters. The lowest BCUT2D eigenvalue weighted by Gasteiger charge is -2.22. The Labute approximate surface area is 285 Å². The Bertz CT molecular complexity index is 1670. The Hall–Kier alpha value is -4.80. The third-order valence-electron chi connectivity index (χ3n) is 8.16. The summed E-state index contributed by atoms with van der Waals surface area (Å²) in [5, 5.41) is 21.2. The van der Waals surface area contributed by atoms with Gasteiger partial charge in [0.1, 0.15) is 23.0 Å². The molecule has 0 saturated heterocycles. The van der Waals surface area contributed by atoms with Crippen molar-refractivity contribution in [3.8, 4) is 23.0 Å². The van der Waals surface area contributed by atoms with Crippen molar-refractivity contribution in [3.05, 3.63) is 138 Å². The number of aryl methyl sites for hydroxylation is 3. The molecule has 0 heterocycles. The van der Waals surface area contributed by atoms with Gasteiger partial charge in [-0.2, -0.15) is 0 Å². The summed E-state index contributed by atoms with van der Waals surface area (Å²) in [7, 11) is 2.75. The predicted molar refractivity (Wildman–Crippen MR) is 197 cm³/mol. The molecule has 0 saturated carbocycles. The number of hydrogen-bond acceptors (Lipinski definition) is 5. The molecule has 6 nitrogen and oxygen atoms in total. The maximum absolute atomic E-state index is 10.2. The number of phenolic OH excluding ortho intramolecular Hbond substituents is 1. The normalized spacial score (nSPS) is 10.6. The van der Waals surface area contributed by atoms with E-state index in [2.05, 4.69) is 91.0 Å². The Kier molecular flexibility index (Phi) is 14.4. The molecular formula is C41H45O6P. The van der Waals surface area contributed by atoms with Crippen LogP contribution in [0, 0.1) is 6.92 Å². The Morgan fingerprint density at radius 1 is 0.646 bits per heavy atom. The van der Waals surface area contributed by atoms with E-state index in [-0.39, 0.29) is 12.2 Å². The van der Waals surface area contributed by atoms with Crippen LogP contribution < -0.4 is 30.1 Å². The van der Waals surface area contributed by atoms with Crippen LogP contribution in [0.25, 0.3) is 0 Å². The summed E-state index contributed by atoms with van der Waals surface area (Å²) in [6.07, 6.45) is 5.61. The van der Waals surface area contributed by atoms with Crippen LogP contribution in [0.3, 0.4) is 0 Å². The zero-order valence-electron chi connectivity index (χ0n) is 28.0. The molecule has 0 aliphatic rings. The lowest BCUT2D eigenvalue weighted by molar-refractivity contribution is -0.122. The van der Waals surface area contributed by atoms with Crippen molar-refractivity contribution in [2.45, 2.75) is 45.4 Å². The SMILES string of the molecule is COc1ccc(CCCc2ccc(O)cc2OCCCCc2ccccc2P(c2ccccc2)c2ccccc2)c(OC)c1C.O=CO. The van der Waals surface area contributed by atoms with E-state index in [4.69, 9.17) is 24.1 Å². The average Bonchev–Trinajstić information content (AvgIpc) is 3.11. The molecule has 0 amide bonds. The van der Waals surface area contributed by atoms with Crippen LogP contribution in [0.5, 0.6) is 23.0 Å². The van der Waals surface area contributed by atoms with Crippen molar-refractivity contribution in [3.63, 3.8) is 0 Å². The summed E-state index contributed by atoms with van der Waals surface area (Å²) in [5.41, 5.74) is 4.70. The summed E-state index contributed by atoms with van der Waals surface area (Å²) in [6.45, 7) is 2.38. The Morgan fingerprint density at radius 3 is 1.88 bits per heavy atom. The summed E-state index contributed by atoms with van der Waals surface area (Å²) < 4.78 is 17.4. The lowest BCUT2D eigenvalue weighted by Crippen LogP contribution is -2.23. The Morgan fingerprint density at radius 2 is 1.23 bits per heavy atom. The number of hydrogen-bond donors (Lipinski definition) is 2. The summed E-state index contributed by atoms with van der Waals surface area (Å²) in [4.78, 5) is 8.36. The van der Waals surface area contributed by atoms with Gasteiger partial charge in [-0.15, -0.1) is 0 Å². The highest BCUT2D eigenvalue weighted by Gasteiger charge is 2.19. The van der Waals surface area contributed by atoms with E-state index in [1.165, 1.54) is 27.0 Å². The highest BCUT2D eigenvalue weighted by Crippen LogP contribution is 2.35. The van der Waals surface area contributed by atoms with Gasteiger partial charge in [-0.05, 0) is 98.1 Å². The fraction of sp³-hybridized carbons (Fsp3) is 0.244. The number of benzene rings is 5. The van der Waals surface area contributed by atoms with E-state index in [0.717, 1.165) is 66.9 Å². The second-order valence-electron chi connectivity index (χ2n) is 11.3. The maximum atomic E-state index is 10.2. The number of aromatic hydroxyl groups is 1. The second kappa shape index (κ2) is 19.1. The number of rotatable bonds is 15. The van der Waals surface area contributed by atoms with Gasteiger partial charge in [-0.3, -0.25) is 4.79 Å². The number of phenols is 1. The predicted octanol–water partition coefficient (Wildman–Crippen LogP) is 7.75. The van der Waals surface area contributed by atoms with E-state index in [1.54, 1.807) is 26.4 Å². The van der Waals surface area contributed by atoms with Gasteiger partial charge in [-0.1, -0.05) is 97.1 Å². The number of carbonyl (C=O) groups is 1. The first-order chi connectivity index (χ1) is 23.5. The zero-order chi connectivity index (χ0) is 34.1. The van der Waals surface area contributed by atoms with Gasteiger partial charge < -0.3 is 24.4 Å². The largest absolute Gasteiger partial charge is 0.508 e. The molecule has 0 aromatic heterocycles. The van der Waals surface area contributed by atoms with Gasteiger partial charge in [-0.25, -0.2) is 0 Å². The first-order valence-electron chi connectivity index (χ1n) is 16.2. The van der Waals surface area contributed by atoms with Crippen LogP contribution >= 0.6 is 7.92 Å². The third kappa shape index (κ3) is 9.85. The molecule has 7 heteroatoms.